The van der Waals surface area contributed by atoms with Gasteiger partial charge < -0.3 is 4.74 Å². The van der Waals surface area contributed by atoms with Crippen molar-refractivity contribution < 1.29 is 13.2 Å². The number of benzene rings is 1. The fraction of sp³-hybridized carbons (Fsp3) is 0.625. The second-order valence-corrected chi connectivity index (χ2v) is 8.30. The highest BCUT2D eigenvalue weighted by Crippen LogP contribution is 2.27. The molecule has 1 fully saturated rings. The third-order valence-electron chi connectivity index (χ3n) is 3.82. The van der Waals surface area contributed by atoms with E-state index in [9.17, 15) is 8.42 Å². The van der Waals surface area contributed by atoms with Crippen LogP contribution in [0.4, 0.5) is 0 Å². The lowest BCUT2D eigenvalue weighted by Gasteiger charge is -2.44. The maximum atomic E-state index is 12.5. The van der Waals surface area contributed by atoms with Gasteiger partial charge in [0.25, 0.3) is 0 Å². The second-order valence-electron chi connectivity index (χ2n) is 6.28. The van der Waals surface area contributed by atoms with Crippen LogP contribution in [0.5, 0.6) is 0 Å². The molecule has 1 atom stereocenters. The molecule has 118 valence electrons. The summed E-state index contributed by atoms with van der Waals surface area (Å²) in [6, 6.07) is 10.1. The summed E-state index contributed by atoms with van der Waals surface area (Å²) in [5.74, 6) is 0.203. The zero-order valence-electron chi connectivity index (χ0n) is 13.1. The van der Waals surface area contributed by atoms with E-state index >= 15 is 0 Å². The van der Waals surface area contributed by atoms with Gasteiger partial charge in [-0.25, -0.2) is 8.42 Å². The molecule has 1 saturated heterocycles. The summed E-state index contributed by atoms with van der Waals surface area (Å²) in [6.45, 7) is 6.63. The first kappa shape index (κ1) is 16.5. The van der Waals surface area contributed by atoms with Gasteiger partial charge in [0, 0.05) is 6.54 Å². The average molecular weight is 311 g/mol. The summed E-state index contributed by atoms with van der Waals surface area (Å²) in [6.07, 6.45) is 1.31. The number of nitrogens with zero attached hydrogens (tertiary/aromatic N) is 1. The number of hydrogen-bond donors (Lipinski definition) is 0. The number of morpholine rings is 1. The predicted molar refractivity (Wildman–Crippen MR) is 84.7 cm³/mol. The zero-order valence-corrected chi connectivity index (χ0v) is 13.9. The highest BCUT2D eigenvalue weighted by atomic mass is 32.2. The molecule has 0 radical (unpaired) electrons. The van der Waals surface area contributed by atoms with E-state index in [1.54, 1.807) is 4.31 Å². The van der Waals surface area contributed by atoms with Crippen molar-refractivity contribution in [3.8, 4) is 0 Å². The van der Waals surface area contributed by atoms with Crippen LogP contribution in [0.15, 0.2) is 30.3 Å². The van der Waals surface area contributed by atoms with Crippen LogP contribution in [0.3, 0.4) is 0 Å². The van der Waals surface area contributed by atoms with Crippen molar-refractivity contribution in [2.75, 3.05) is 18.9 Å². The number of sulfonamides is 1. The van der Waals surface area contributed by atoms with E-state index in [2.05, 4.69) is 0 Å². The molecule has 1 aliphatic rings. The summed E-state index contributed by atoms with van der Waals surface area (Å²) < 4.78 is 32.5. The van der Waals surface area contributed by atoms with E-state index < -0.39 is 15.6 Å². The van der Waals surface area contributed by atoms with E-state index in [0.29, 0.717) is 19.6 Å². The van der Waals surface area contributed by atoms with Crippen LogP contribution >= 0.6 is 0 Å². The Morgan fingerprint density at radius 3 is 2.57 bits per heavy atom. The molecule has 1 heterocycles. The lowest BCUT2D eigenvalue weighted by Crippen LogP contribution is -2.59. The van der Waals surface area contributed by atoms with Gasteiger partial charge in [0.1, 0.15) is 0 Å². The first-order valence-electron chi connectivity index (χ1n) is 7.51. The van der Waals surface area contributed by atoms with Gasteiger partial charge in [-0.15, -0.1) is 0 Å². The Hall–Kier alpha value is -0.910. The molecule has 5 heteroatoms. The molecular formula is C16H25NO3S. The maximum Gasteiger partial charge on any atom is 0.214 e. The second kappa shape index (κ2) is 6.46. The largest absolute Gasteiger partial charge is 0.375 e. The molecule has 0 N–H and O–H groups in total. The summed E-state index contributed by atoms with van der Waals surface area (Å²) >= 11 is 0. The molecule has 4 nitrogen and oxygen atoms in total. The minimum absolute atomic E-state index is 0.0768. The normalized spacial score (nSPS) is 23.1. The van der Waals surface area contributed by atoms with Crippen LogP contribution < -0.4 is 0 Å². The van der Waals surface area contributed by atoms with E-state index in [-0.39, 0.29) is 11.9 Å². The van der Waals surface area contributed by atoms with Crippen LogP contribution in [0.2, 0.25) is 0 Å². The Kier molecular flexibility index (Phi) is 5.07. The van der Waals surface area contributed by atoms with Gasteiger partial charge in [-0.05, 0) is 32.3 Å². The molecule has 0 spiro atoms. The minimum Gasteiger partial charge on any atom is -0.375 e. The molecule has 0 aliphatic carbocycles. The fourth-order valence-electron chi connectivity index (χ4n) is 2.74. The van der Waals surface area contributed by atoms with E-state index in [4.69, 9.17) is 4.74 Å². The van der Waals surface area contributed by atoms with Crippen LogP contribution in [-0.2, 0) is 21.2 Å². The lowest BCUT2D eigenvalue weighted by atomic mass is 10.0. The molecule has 0 saturated carbocycles. The molecule has 2 rings (SSSR count). The van der Waals surface area contributed by atoms with Crippen molar-refractivity contribution in [2.24, 2.45) is 0 Å². The maximum absolute atomic E-state index is 12.5. The van der Waals surface area contributed by atoms with Crippen molar-refractivity contribution >= 4 is 10.0 Å². The van der Waals surface area contributed by atoms with Crippen molar-refractivity contribution in [3.05, 3.63) is 35.9 Å². The van der Waals surface area contributed by atoms with Crippen LogP contribution in [0, 0.1) is 0 Å². The van der Waals surface area contributed by atoms with Gasteiger partial charge in [-0.1, -0.05) is 37.3 Å². The summed E-state index contributed by atoms with van der Waals surface area (Å²) in [5, 5.41) is 0. The molecule has 1 aromatic carbocycles. The summed E-state index contributed by atoms with van der Waals surface area (Å²) in [5.41, 5.74) is 0.705. The highest BCUT2D eigenvalue weighted by molar-refractivity contribution is 7.89. The topological polar surface area (TPSA) is 46.6 Å². The number of rotatable bonds is 5. The molecule has 1 aliphatic heterocycles. The SMILES string of the molecule is CCCS(=O)(=O)N1CC(Cc2ccccc2)OCC1(C)C. The van der Waals surface area contributed by atoms with Gasteiger partial charge in [-0.3, -0.25) is 0 Å². The Balaban J connectivity index is 2.12. The van der Waals surface area contributed by atoms with Crippen LogP contribution in [-0.4, -0.2) is 43.3 Å². The molecular weight excluding hydrogens is 286 g/mol. The first-order valence-corrected chi connectivity index (χ1v) is 9.12. The summed E-state index contributed by atoms with van der Waals surface area (Å²) in [7, 11) is -3.21. The third kappa shape index (κ3) is 4.05. The van der Waals surface area contributed by atoms with Crippen molar-refractivity contribution in [1.82, 2.24) is 4.31 Å². The lowest BCUT2D eigenvalue weighted by molar-refractivity contribution is -0.0629. The molecule has 21 heavy (non-hydrogen) atoms. The van der Waals surface area contributed by atoms with Gasteiger partial charge in [-0.2, -0.15) is 4.31 Å². The van der Waals surface area contributed by atoms with E-state index in [1.807, 2.05) is 51.1 Å². The Labute approximate surface area is 128 Å². The van der Waals surface area contributed by atoms with Crippen molar-refractivity contribution in [3.63, 3.8) is 0 Å². The molecule has 0 amide bonds. The molecule has 0 aromatic heterocycles. The number of ether oxygens (including phenoxy) is 1. The number of hydrogen-bond acceptors (Lipinski definition) is 3. The Morgan fingerprint density at radius 2 is 1.95 bits per heavy atom. The standard InChI is InChI=1S/C16H25NO3S/c1-4-10-21(18,19)17-12-15(20-13-16(17,2)3)11-14-8-6-5-7-9-14/h5-9,15H,4,10-13H2,1-3H3. The third-order valence-corrected chi connectivity index (χ3v) is 6.06. The van der Waals surface area contributed by atoms with E-state index in [1.165, 1.54) is 5.56 Å². The van der Waals surface area contributed by atoms with Gasteiger partial charge in [0.05, 0.1) is 24.0 Å². The fourth-order valence-corrected chi connectivity index (χ4v) is 4.67. The van der Waals surface area contributed by atoms with Gasteiger partial charge in [0.15, 0.2) is 0 Å². The van der Waals surface area contributed by atoms with Gasteiger partial charge >= 0.3 is 0 Å². The van der Waals surface area contributed by atoms with Crippen LogP contribution in [0.1, 0.15) is 32.8 Å². The van der Waals surface area contributed by atoms with Gasteiger partial charge in [0.2, 0.25) is 10.0 Å². The van der Waals surface area contributed by atoms with Crippen molar-refractivity contribution in [2.45, 2.75) is 45.3 Å². The highest BCUT2D eigenvalue weighted by Gasteiger charge is 2.41. The predicted octanol–water partition coefficient (Wildman–Crippen LogP) is 2.45. The van der Waals surface area contributed by atoms with Crippen LogP contribution in [0.25, 0.3) is 0 Å². The van der Waals surface area contributed by atoms with Crippen molar-refractivity contribution in [1.29, 1.82) is 0 Å². The molecule has 1 unspecified atom stereocenters. The minimum atomic E-state index is -3.21. The summed E-state index contributed by atoms with van der Waals surface area (Å²) in [4.78, 5) is 0. The zero-order chi connectivity index (χ0) is 15.5. The van der Waals surface area contributed by atoms with E-state index in [0.717, 1.165) is 6.42 Å². The molecule has 0 bridgehead atoms. The Morgan fingerprint density at radius 1 is 1.29 bits per heavy atom. The molecule has 1 aromatic rings. The smallest absolute Gasteiger partial charge is 0.214 e. The first-order chi connectivity index (χ1) is 9.85. The quantitative estimate of drug-likeness (QED) is 0.839. The monoisotopic (exact) mass is 311 g/mol. The average Bonchev–Trinajstić information content (AvgIpc) is 2.41. The Bertz CT molecular complexity index is 554.